The number of aromatic nitrogens is 3. The highest BCUT2D eigenvalue weighted by molar-refractivity contribution is 5.90. The summed E-state index contributed by atoms with van der Waals surface area (Å²) in [6.45, 7) is 1.91. The van der Waals surface area contributed by atoms with E-state index in [0.29, 0.717) is 5.95 Å². The molecule has 0 saturated carbocycles. The standard InChI is InChI=1S/C11H14N6O/c1-7-5-8(15-10-13-6-14-17-10)3-4-9(7)16-11(18)12-2/h3-6H,1-2H3,(H2,12,16,18)(H2,13,14,15,17). The van der Waals surface area contributed by atoms with Gasteiger partial charge in [-0.25, -0.2) is 9.89 Å². The first-order chi connectivity index (χ1) is 8.69. The molecule has 7 heteroatoms. The fourth-order valence-corrected chi connectivity index (χ4v) is 1.47. The Morgan fingerprint density at radius 2 is 2.22 bits per heavy atom. The predicted octanol–water partition coefficient (Wildman–Crippen LogP) is 1.61. The molecule has 2 rings (SSSR count). The number of amides is 2. The first-order valence-corrected chi connectivity index (χ1v) is 5.41. The van der Waals surface area contributed by atoms with Crippen LogP contribution in [0.4, 0.5) is 22.1 Å². The zero-order valence-corrected chi connectivity index (χ0v) is 10.1. The zero-order valence-electron chi connectivity index (χ0n) is 10.1. The molecule has 94 valence electrons. The lowest BCUT2D eigenvalue weighted by atomic mass is 10.2. The summed E-state index contributed by atoms with van der Waals surface area (Å²) in [5.41, 5.74) is 2.58. The highest BCUT2D eigenvalue weighted by Crippen LogP contribution is 2.21. The summed E-state index contributed by atoms with van der Waals surface area (Å²) in [6, 6.07) is 5.34. The van der Waals surface area contributed by atoms with Crippen LogP contribution in [0.2, 0.25) is 0 Å². The van der Waals surface area contributed by atoms with E-state index in [1.54, 1.807) is 7.05 Å². The number of carbonyl (C=O) groups excluding carboxylic acids is 1. The van der Waals surface area contributed by atoms with Gasteiger partial charge in [-0.15, -0.1) is 0 Å². The van der Waals surface area contributed by atoms with Gasteiger partial charge in [-0.3, -0.25) is 0 Å². The maximum Gasteiger partial charge on any atom is 0.318 e. The smallest absolute Gasteiger partial charge is 0.318 e. The number of urea groups is 1. The molecule has 0 fully saturated rings. The number of aromatic amines is 1. The Hall–Kier alpha value is -2.57. The van der Waals surface area contributed by atoms with Crippen LogP contribution in [0, 0.1) is 6.92 Å². The number of nitrogens with one attached hydrogen (secondary N) is 4. The molecule has 0 unspecified atom stereocenters. The monoisotopic (exact) mass is 246 g/mol. The van der Waals surface area contributed by atoms with Crippen molar-refractivity contribution in [3.63, 3.8) is 0 Å². The van der Waals surface area contributed by atoms with Crippen molar-refractivity contribution in [2.75, 3.05) is 17.7 Å². The van der Waals surface area contributed by atoms with E-state index in [4.69, 9.17) is 0 Å². The van der Waals surface area contributed by atoms with Crippen molar-refractivity contribution < 1.29 is 4.79 Å². The minimum Gasteiger partial charge on any atom is -0.341 e. The molecule has 7 nitrogen and oxygen atoms in total. The van der Waals surface area contributed by atoms with Gasteiger partial charge in [0, 0.05) is 18.4 Å². The van der Waals surface area contributed by atoms with E-state index < -0.39 is 0 Å². The minimum atomic E-state index is -0.242. The first-order valence-electron chi connectivity index (χ1n) is 5.41. The van der Waals surface area contributed by atoms with Crippen molar-refractivity contribution in [3.8, 4) is 0 Å². The van der Waals surface area contributed by atoms with Crippen LogP contribution in [-0.4, -0.2) is 28.3 Å². The Morgan fingerprint density at radius 1 is 1.39 bits per heavy atom. The lowest BCUT2D eigenvalue weighted by Gasteiger charge is -2.10. The second-order valence-corrected chi connectivity index (χ2v) is 3.69. The van der Waals surface area contributed by atoms with Crippen LogP contribution in [0.25, 0.3) is 0 Å². The lowest BCUT2D eigenvalue weighted by Crippen LogP contribution is -2.24. The summed E-state index contributed by atoms with van der Waals surface area (Å²) in [4.78, 5) is 15.2. The number of carbonyl (C=O) groups is 1. The highest BCUT2D eigenvalue weighted by Gasteiger charge is 2.04. The topological polar surface area (TPSA) is 94.7 Å². The van der Waals surface area contributed by atoms with Gasteiger partial charge in [0.25, 0.3) is 0 Å². The third-order valence-electron chi connectivity index (χ3n) is 2.38. The molecule has 0 spiro atoms. The molecule has 2 amide bonds. The molecule has 0 aliphatic rings. The number of H-pyrrole nitrogens is 1. The summed E-state index contributed by atoms with van der Waals surface area (Å²) in [6.07, 6.45) is 1.43. The lowest BCUT2D eigenvalue weighted by molar-refractivity contribution is 0.254. The average Bonchev–Trinajstić information content (AvgIpc) is 2.85. The Kier molecular flexibility index (Phi) is 3.42. The molecule has 0 atom stereocenters. The molecule has 0 saturated heterocycles. The van der Waals surface area contributed by atoms with Crippen molar-refractivity contribution in [2.45, 2.75) is 6.92 Å². The molecule has 0 bridgehead atoms. The number of hydrogen-bond acceptors (Lipinski definition) is 4. The van der Waals surface area contributed by atoms with Crippen molar-refractivity contribution >= 4 is 23.4 Å². The van der Waals surface area contributed by atoms with Crippen LogP contribution >= 0.6 is 0 Å². The largest absolute Gasteiger partial charge is 0.341 e. The Bertz CT molecular complexity index is 536. The Labute approximate surface area is 104 Å². The third kappa shape index (κ3) is 2.76. The molecular formula is C11H14N6O. The maximum atomic E-state index is 11.2. The van der Waals surface area contributed by atoms with Crippen molar-refractivity contribution in [3.05, 3.63) is 30.1 Å². The van der Waals surface area contributed by atoms with Gasteiger partial charge in [0.1, 0.15) is 6.33 Å². The van der Waals surface area contributed by atoms with E-state index in [1.807, 2.05) is 25.1 Å². The molecule has 0 aliphatic heterocycles. The SMILES string of the molecule is CNC(=O)Nc1ccc(Nc2ncn[nH]2)cc1C. The zero-order chi connectivity index (χ0) is 13.0. The molecule has 1 aromatic carbocycles. The molecular weight excluding hydrogens is 232 g/mol. The van der Waals surface area contributed by atoms with Gasteiger partial charge in [-0.1, -0.05) is 0 Å². The van der Waals surface area contributed by atoms with E-state index in [1.165, 1.54) is 6.33 Å². The van der Waals surface area contributed by atoms with E-state index in [9.17, 15) is 4.79 Å². The van der Waals surface area contributed by atoms with Crippen LogP contribution in [-0.2, 0) is 0 Å². The molecule has 18 heavy (non-hydrogen) atoms. The van der Waals surface area contributed by atoms with Gasteiger partial charge < -0.3 is 16.0 Å². The fourth-order valence-electron chi connectivity index (χ4n) is 1.47. The average molecular weight is 246 g/mol. The normalized spacial score (nSPS) is 9.89. The van der Waals surface area contributed by atoms with Gasteiger partial charge in [-0.2, -0.15) is 10.1 Å². The van der Waals surface area contributed by atoms with E-state index in [-0.39, 0.29) is 6.03 Å². The van der Waals surface area contributed by atoms with Gasteiger partial charge >= 0.3 is 6.03 Å². The number of aryl methyl sites for hydroxylation is 1. The number of nitrogens with zero attached hydrogens (tertiary/aromatic N) is 2. The molecule has 1 heterocycles. The van der Waals surface area contributed by atoms with E-state index in [0.717, 1.165) is 16.9 Å². The number of hydrogen-bond donors (Lipinski definition) is 4. The summed E-state index contributed by atoms with van der Waals surface area (Å²) in [7, 11) is 1.57. The highest BCUT2D eigenvalue weighted by atomic mass is 16.2. The summed E-state index contributed by atoms with van der Waals surface area (Å²) in [5.74, 6) is 0.571. The number of anilines is 3. The van der Waals surface area contributed by atoms with Crippen LogP contribution in [0.1, 0.15) is 5.56 Å². The van der Waals surface area contributed by atoms with E-state index >= 15 is 0 Å². The van der Waals surface area contributed by atoms with Gasteiger partial charge in [0.2, 0.25) is 5.95 Å². The fraction of sp³-hybridized carbons (Fsp3) is 0.182. The van der Waals surface area contributed by atoms with Gasteiger partial charge in [0.05, 0.1) is 0 Å². The summed E-state index contributed by atoms with van der Waals surface area (Å²) >= 11 is 0. The Balaban J connectivity index is 2.12. The van der Waals surface area contributed by atoms with Crippen LogP contribution in [0.15, 0.2) is 24.5 Å². The molecule has 2 aromatic rings. The first kappa shape index (κ1) is 11.9. The molecule has 0 aliphatic carbocycles. The second kappa shape index (κ2) is 5.17. The Morgan fingerprint density at radius 3 is 2.83 bits per heavy atom. The van der Waals surface area contributed by atoms with Crippen molar-refractivity contribution in [1.29, 1.82) is 0 Å². The second-order valence-electron chi connectivity index (χ2n) is 3.69. The van der Waals surface area contributed by atoms with Gasteiger partial charge in [0.15, 0.2) is 0 Å². The molecule has 4 N–H and O–H groups in total. The van der Waals surface area contributed by atoms with Crippen molar-refractivity contribution in [2.24, 2.45) is 0 Å². The van der Waals surface area contributed by atoms with Crippen LogP contribution in [0.5, 0.6) is 0 Å². The maximum absolute atomic E-state index is 11.2. The number of rotatable bonds is 3. The van der Waals surface area contributed by atoms with Crippen molar-refractivity contribution in [1.82, 2.24) is 20.5 Å². The summed E-state index contributed by atoms with van der Waals surface area (Å²) in [5, 5.41) is 14.8. The van der Waals surface area contributed by atoms with Crippen LogP contribution in [0.3, 0.4) is 0 Å². The predicted molar refractivity (Wildman–Crippen MR) is 68.9 cm³/mol. The minimum absolute atomic E-state index is 0.242. The van der Waals surface area contributed by atoms with Gasteiger partial charge in [-0.05, 0) is 30.7 Å². The molecule has 1 aromatic heterocycles. The van der Waals surface area contributed by atoms with E-state index in [2.05, 4.69) is 31.1 Å². The quantitative estimate of drug-likeness (QED) is 0.661. The third-order valence-corrected chi connectivity index (χ3v) is 2.38. The molecule has 0 radical (unpaired) electrons. The number of benzene rings is 1. The van der Waals surface area contributed by atoms with Crippen LogP contribution < -0.4 is 16.0 Å². The summed E-state index contributed by atoms with van der Waals surface area (Å²) < 4.78 is 0.